The summed E-state index contributed by atoms with van der Waals surface area (Å²) in [6.07, 6.45) is 12.1. The minimum absolute atomic E-state index is 0.258. The first-order valence-electron chi connectivity index (χ1n) is 11.9. The average Bonchev–Trinajstić information content (AvgIpc) is 2.77. The van der Waals surface area contributed by atoms with Crippen molar-refractivity contribution in [3.05, 3.63) is 6.07 Å². The Bertz CT molecular complexity index is 781. The summed E-state index contributed by atoms with van der Waals surface area (Å²) in [6.45, 7) is 1.87. The molecule has 164 valence electrons. The highest BCUT2D eigenvalue weighted by Gasteiger charge is 2.49. The lowest BCUT2D eigenvalue weighted by atomic mass is 9.69. The molecule has 1 aromatic heterocycles. The van der Waals surface area contributed by atoms with Gasteiger partial charge in [0.2, 0.25) is 17.7 Å². The van der Waals surface area contributed by atoms with Crippen molar-refractivity contribution in [2.75, 3.05) is 30.8 Å². The number of methoxy groups -OCH3 is 1. The maximum atomic E-state index is 13.1. The number of carbonyl (C=O) groups is 1. The SMILES string of the molecule is COc1cc(N2C[C@H]3C[C@@H](C2)[C@H](CC2CCCCC2)N2C(=O)CCC[C@@H]32)nc(N)n1. The van der Waals surface area contributed by atoms with Crippen LogP contribution >= 0.6 is 0 Å². The van der Waals surface area contributed by atoms with Crippen molar-refractivity contribution in [1.82, 2.24) is 14.9 Å². The molecule has 2 bridgehead atoms. The molecule has 3 aliphatic heterocycles. The maximum absolute atomic E-state index is 13.1. The zero-order chi connectivity index (χ0) is 20.7. The van der Waals surface area contributed by atoms with Gasteiger partial charge in [0, 0.05) is 37.7 Å². The maximum Gasteiger partial charge on any atom is 0.225 e. The van der Waals surface area contributed by atoms with Crippen molar-refractivity contribution in [2.24, 2.45) is 17.8 Å². The van der Waals surface area contributed by atoms with E-state index in [-0.39, 0.29) is 5.95 Å². The van der Waals surface area contributed by atoms with Gasteiger partial charge in [-0.2, -0.15) is 9.97 Å². The van der Waals surface area contributed by atoms with Crippen molar-refractivity contribution < 1.29 is 9.53 Å². The molecule has 30 heavy (non-hydrogen) atoms. The summed E-state index contributed by atoms with van der Waals surface area (Å²) in [5.41, 5.74) is 5.95. The van der Waals surface area contributed by atoms with Crippen LogP contribution in [-0.4, -0.2) is 53.1 Å². The van der Waals surface area contributed by atoms with Gasteiger partial charge in [-0.3, -0.25) is 4.79 Å². The van der Waals surface area contributed by atoms with E-state index >= 15 is 0 Å². The molecular weight excluding hydrogens is 378 g/mol. The van der Waals surface area contributed by atoms with E-state index in [1.54, 1.807) is 7.11 Å². The number of hydrogen-bond donors (Lipinski definition) is 1. The summed E-state index contributed by atoms with van der Waals surface area (Å²) in [4.78, 5) is 26.5. The molecule has 0 aromatic carbocycles. The van der Waals surface area contributed by atoms with Crippen LogP contribution in [0.3, 0.4) is 0 Å². The fraction of sp³-hybridized carbons (Fsp3) is 0.783. The summed E-state index contributed by atoms with van der Waals surface area (Å²) in [7, 11) is 1.61. The lowest BCUT2D eigenvalue weighted by Crippen LogP contribution is -2.65. The van der Waals surface area contributed by atoms with Crippen LogP contribution in [0.25, 0.3) is 0 Å². The van der Waals surface area contributed by atoms with Crippen LogP contribution in [0.1, 0.15) is 64.2 Å². The van der Waals surface area contributed by atoms with E-state index in [0.717, 1.165) is 44.1 Å². The van der Waals surface area contributed by atoms with E-state index in [4.69, 9.17) is 10.5 Å². The third-order valence-electron chi connectivity index (χ3n) is 8.04. The van der Waals surface area contributed by atoms with Crippen molar-refractivity contribution in [1.29, 1.82) is 0 Å². The molecule has 4 aliphatic rings. The van der Waals surface area contributed by atoms with Crippen LogP contribution in [0.5, 0.6) is 5.88 Å². The van der Waals surface area contributed by atoms with Gasteiger partial charge in [0.25, 0.3) is 0 Å². The molecule has 2 N–H and O–H groups in total. The number of piperidine rings is 3. The molecule has 7 heteroatoms. The second kappa shape index (κ2) is 8.23. The largest absolute Gasteiger partial charge is 0.481 e. The van der Waals surface area contributed by atoms with E-state index in [1.165, 1.54) is 44.9 Å². The van der Waals surface area contributed by atoms with E-state index < -0.39 is 0 Å². The van der Waals surface area contributed by atoms with Gasteiger partial charge in [-0.25, -0.2) is 0 Å². The van der Waals surface area contributed by atoms with Gasteiger partial charge >= 0.3 is 0 Å². The van der Waals surface area contributed by atoms with E-state index in [9.17, 15) is 4.79 Å². The lowest BCUT2D eigenvalue weighted by Gasteiger charge is -2.57. The Hall–Kier alpha value is -2.05. The first-order chi connectivity index (χ1) is 14.6. The van der Waals surface area contributed by atoms with Crippen molar-refractivity contribution in [2.45, 2.75) is 76.3 Å². The van der Waals surface area contributed by atoms with E-state index in [0.29, 0.717) is 35.7 Å². The number of aromatic nitrogens is 2. The van der Waals surface area contributed by atoms with Crippen LogP contribution in [-0.2, 0) is 4.79 Å². The zero-order valence-electron chi connectivity index (χ0n) is 18.1. The molecule has 3 saturated heterocycles. The molecule has 1 saturated carbocycles. The van der Waals surface area contributed by atoms with E-state index in [2.05, 4.69) is 19.8 Å². The normalized spacial score (nSPS) is 32.1. The summed E-state index contributed by atoms with van der Waals surface area (Å²) in [6, 6.07) is 2.67. The third kappa shape index (κ3) is 3.71. The molecule has 1 aliphatic carbocycles. The number of ether oxygens (including phenoxy) is 1. The first kappa shape index (κ1) is 19.9. The van der Waals surface area contributed by atoms with Crippen LogP contribution in [0.15, 0.2) is 6.07 Å². The summed E-state index contributed by atoms with van der Waals surface area (Å²) < 4.78 is 5.33. The zero-order valence-corrected chi connectivity index (χ0v) is 18.1. The van der Waals surface area contributed by atoms with Crippen molar-refractivity contribution >= 4 is 17.7 Å². The minimum atomic E-state index is 0.258. The number of nitrogens with two attached hydrogens (primary N) is 1. The first-order valence-corrected chi connectivity index (χ1v) is 11.9. The monoisotopic (exact) mass is 413 g/mol. The van der Waals surface area contributed by atoms with Gasteiger partial charge in [0.05, 0.1) is 7.11 Å². The van der Waals surface area contributed by atoms with Crippen LogP contribution < -0.4 is 15.4 Å². The Morgan fingerprint density at radius 3 is 2.70 bits per heavy atom. The molecular formula is C23H35N5O2. The van der Waals surface area contributed by atoms with Gasteiger partial charge in [-0.1, -0.05) is 32.1 Å². The molecule has 4 atom stereocenters. The smallest absolute Gasteiger partial charge is 0.225 e. The van der Waals surface area contributed by atoms with E-state index in [1.807, 2.05) is 6.07 Å². The fourth-order valence-electron chi connectivity index (χ4n) is 6.73. The predicted molar refractivity (Wildman–Crippen MR) is 116 cm³/mol. The third-order valence-corrected chi connectivity index (χ3v) is 8.04. The second-order valence-electron chi connectivity index (χ2n) is 9.86. The number of nitrogen functional groups attached to an aromatic ring is 1. The number of hydrogen-bond acceptors (Lipinski definition) is 6. The van der Waals surface area contributed by atoms with Gasteiger partial charge in [-0.05, 0) is 43.4 Å². The lowest BCUT2D eigenvalue weighted by molar-refractivity contribution is -0.149. The Balaban J connectivity index is 1.42. The van der Waals surface area contributed by atoms with Gasteiger partial charge < -0.3 is 20.3 Å². The molecule has 4 fully saturated rings. The quantitative estimate of drug-likeness (QED) is 0.816. The number of rotatable bonds is 4. The second-order valence-corrected chi connectivity index (χ2v) is 9.86. The van der Waals surface area contributed by atoms with Crippen molar-refractivity contribution in [3.63, 3.8) is 0 Å². The minimum Gasteiger partial charge on any atom is -0.481 e. The molecule has 0 unspecified atom stereocenters. The van der Waals surface area contributed by atoms with Gasteiger partial charge in [0.15, 0.2) is 0 Å². The topological polar surface area (TPSA) is 84.6 Å². The number of amides is 1. The fourth-order valence-corrected chi connectivity index (χ4v) is 6.73. The number of fused-ring (bicyclic) bond motifs is 4. The molecule has 1 aromatic rings. The summed E-state index contributed by atoms with van der Waals surface area (Å²) in [5, 5.41) is 0. The molecule has 0 radical (unpaired) electrons. The van der Waals surface area contributed by atoms with Crippen LogP contribution in [0.4, 0.5) is 11.8 Å². The predicted octanol–water partition coefficient (Wildman–Crippen LogP) is 3.24. The standard InChI is InChI=1S/C23H35N5O2/c1-30-21-12-20(25-23(24)26-21)27-13-16-11-17(14-27)19(10-15-6-3-2-4-7-15)28-18(16)8-5-9-22(28)29/h12,15-19H,2-11,13-14H2,1H3,(H2,24,25,26)/t16-,17+,18+,19+/m1/s1. The number of carbonyl (C=O) groups excluding carboxylic acids is 1. The number of anilines is 2. The van der Waals surface area contributed by atoms with Gasteiger partial charge in [-0.15, -0.1) is 0 Å². The molecule has 5 rings (SSSR count). The highest BCUT2D eigenvalue weighted by Crippen LogP contribution is 2.45. The Labute approximate surface area is 179 Å². The average molecular weight is 414 g/mol. The molecule has 1 amide bonds. The highest BCUT2D eigenvalue weighted by atomic mass is 16.5. The Kier molecular flexibility index (Phi) is 5.46. The Morgan fingerprint density at radius 2 is 1.90 bits per heavy atom. The molecule has 0 spiro atoms. The Morgan fingerprint density at radius 1 is 1.10 bits per heavy atom. The van der Waals surface area contributed by atoms with Crippen LogP contribution in [0.2, 0.25) is 0 Å². The highest BCUT2D eigenvalue weighted by molar-refractivity contribution is 5.78. The summed E-state index contributed by atoms with van der Waals surface area (Å²) in [5.74, 6) is 3.84. The van der Waals surface area contributed by atoms with Crippen molar-refractivity contribution in [3.8, 4) is 5.88 Å². The number of nitrogens with zero attached hydrogens (tertiary/aromatic N) is 4. The van der Waals surface area contributed by atoms with Crippen LogP contribution in [0, 0.1) is 17.8 Å². The molecule has 4 heterocycles. The molecule has 7 nitrogen and oxygen atoms in total. The summed E-state index contributed by atoms with van der Waals surface area (Å²) >= 11 is 0. The van der Waals surface area contributed by atoms with Gasteiger partial charge in [0.1, 0.15) is 5.82 Å².